The number of aromatic nitrogens is 2. The first-order valence-corrected chi connectivity index (χ1v) is 12.2. The van der Waals surface area contributed by atoms with Crippen molar-refractivity contribution in [1.29, 1.82) is 4.78 Å². The number of ether oxygens (including phenoxy) is 1. The summed E-state index contributed by atoms with van der Waals surface area (Å²) < 4.78 is 65.7. The third-order valence-electron chi connectivity index (χ3n) is 4.90. The van der Waals surface area contributed by atoms with Gasteiger partial charge in [0.05, 0.1) is 9.73 Å². The molecule has 2 aromatic carbocycles. The minimum atomic E-state index is -4.83. The molecule has 2 N–H and O–H groups in total. The number of hydrogen-bond acceptors (Lipinski definition) is 6. The second-order valence-electron chi connectivity index (χ2n) is 7.67. The number of anilines is 1. The zero-order chi connectivity index (χ0) is 25.1. The zero-order valence-corrected chi connectivity index (χ0v) is 19.5. The number of aryl methyl sites for hydroxylation is 1. The number of benzene rings is 2. The lowest BCUT2D eigenvalue weighted by Crippen LogP contribution is -2.21. The number of halogens is 3. The molecule has 1 aromatic heterocycles. The number of carbonyl (C=O) groups is 1. The quantitative estimate of drug-likeness (QED) is 0.431. The van der Waals surface area contributed by atoms with Gasteiger partial charge in [-0.15, -0.1) is 10.2 Å². The lowest BCUT2D eigenvalue weighted by molar-refractivity contribution is -0.142. The highest BCUT2D eigenvalue weighted by atomic mass is 32.2. The van der Waals surface area contributed by atoms with Gasteiger partial charge < -0.3 is 10.1 Å². The molecule has 1 atom stereocenters. The number of carbonyl (C=O) groups excluding carboxylic acids is 1. The topological polar surface area (TPSA) is 105 Å². The summed E-state index contributed by atoms with van der Waals surface area (Å²) in [6, 6.07) is 12.6. The standard InChI is InChI=1S/C23H23F3N4O3S/c1-4-6-15-9-11-17(12-10-15)33-22-19(14(2)20(29-30-22)23(24,25)26)21(31)28-16-7-5-8-18(13-16)34(3,27)32/h5,7-13,27H,4,6H2,1-3H3,(H,28,31). The molecule has 0 spiro atoms. The summed E-state index contributed by atoms with van der Waals surface area (Å²) in [6.07, 6.45) is -1.80. The number of amides is 1. The van der Waals surface area contributed by atoms with E-state index in [1.165, 1.54) is 30.5 Å². The Labute approximate surface area is 195 Å². The van der Waals surface area contributed by atoms with Gasteiger partial charge in [0, 0.05) is 16.8 Å². The van der Waals surface area contributed by atoms with Gasteiger partial charge in [-0.2, -0.15) is 13.2 Å². The summed E-state index contributed by atoms with van der Waals surface area (Å²) in [7, 11) is -3.06. The molecule has 11 heteroatoms. The molecule has 0 bridgehead atoms. The average molecular weight is 493 g/mol. The van der Waals surface area contributed by atoms with Crippen LogP contribution in [0.25, 0.3) is 0 Å². The van der Waals surface area contributed by atoms with Crippen LogP contribution in [0.1, 0.15) is 40.5 Å². The van der Waals surface area contributed by atoms with Crippen molar-refractivity contribution >= 4 is 21.3 Å². The van der Waals surface area contributed by atoms with Crippen LogP contribution in [0.15, 0.2) is 53.4 Å². The zero-order valence-electron chi connectivity index (χ0n) is 18.7. The summed E-state index contributed by atoms with van der Waals surface area (Å²) in [4.78, 5) is 13.2. The number of hydrogen-bond donors (Lipinski definition) is 2. The fourth-order valence-electron chi connectivity index (χ4n) is 3.24. The molecular formula is C23H23F3N4O3S. The molecule has 0 radical (unpaired) electrons. The van der Waals surface area contributed by atoms with Crippen molar-refractivity contribution in [2.45, 2.75) is 37.8 Å². The first kappa shape index (κ1) is 25.2. The summed E-state index contributed by atoms with van der Waals surface area (Å²) in [5.41, 5.74) is -0.977. The lowest BCUT2D eigenvalue weighted by Gasteiger charge is -2.16. The largest absolute Gasteiger partial charge is 0.437 e. The Kier molecular flexibility index (Phi) is 7.25. The lowest BCUT2D eigenvalue weighted by atomic mass is 10.1. The van der Waals surface area contributed by atoms with E-state index in [1.807, 2.05) is 19.1 Å². The average Bonchev–Trinajstić information content (AvgIpc) is 2.74. The van der Waals surface area contributed by atoms with Gasteiger partial charge in [-0.3, -0.25) is 4.79 Å². The first-order valence-electron chi connectivity index (χ1n) is 10.3. The van der Waals surface area contributed by atoms with E-state index in [2.05, 4.69) is 15.5 Å². The van der Waals surface area contributed by atoms with Crippen molar-refractivity contribution in [1.82, 2.24) is 10.2 Å². The summed E-state index contributed by atoms with van der Waals surface area (Å²) in [5.74, 6) is -1.02. The molecule has 1 amide bonds. The number of alkyl halides is 3. The molecule has 0 aliphatic carbocycles. The van der Waals surface area contributed by atoms with Gasteiger partial charge >= 0.3 is 6.18 Å². The highest BCUT2D eigenvalue weighted by Crippen LogP contribution is 2.35. The Morgan fingerprint density at radius 2 is 1.82 bits per heavy atom. The van der Waals surface area contributed by atoms with Gasteiger partial charge in [0.1, 0.15) is 11.3 Å². The maximum absolute atomic E-state index is 13.5. The third-order valence-corrected chi connectivity index (χ3v) is 6.05. The van der Waals surface area contributed by atoms with E-state index in [0.717, 1.165) is 25.3 Å². The van der Waals surface area contributed by atoms with E-state index < -0.39 is 38.6 Å². The smallest absolute Gasteiger partial charge is 0.435 e. The SMILES string of the molecule is CCCc1ccc(Oc2nnc(C(F)(F)F)c(C)c2C(=O)Nc2cccc(S(C)(=N)=O)c2)cc1. The van der Waals surface area contributed by atoms with Crippen LogP contribution in [0.5, 0.6) is 11.6 Å². The minimum Gasteiger partial charge on any atom is -0.437 e. The molecule has 180 valence electrons. The summed E-state index contributed by atoms with van der Waals surface area (Å²) in [6.45, 7) is 3.15. The Bertz CT molecular complexity index is 1310. The Morgan fingerprint density at radius 3 is 2.41 bits per heavy atom. The molecule has 0 aliphatic rings. The van der Waals surface area contributed by atoms with Crippen LogP contribution < -0.4 is 10.1 Å². The van der Waals surface area contributed by atoms with Crippen molar-refractivity contribution in [3.63, 3.8) is 0 Å². The predicted molar refractivity (Wildman–Crippen MR) is 122 cm³/mol. The van der Waals surface area contributed by atoms with E-state index >= 15 is 0 Å². The van der Waals surface area contributed by atoms with Crippen LogP contribution >= 0.6 is 0 Å². The highest BCUT2D eigenvalue weighted by Gasteiger charge is 2.38. The van der Waals surface area contributed by atoms with E-state index in [-0.39, 0.29) is 22.2 Å². The molecule has 1 unspecified atom stereocenters. The van der Waals surface area contributed by atoms with Gasteiger partial charge in [-0.05, 0) is 54.8 Å². The van der Waals surface area contributed by atoms with Crippen molar-refractivity contribution in [3.05, 3.63) is 70.9 Å². The van der Waals surface area contributed by atoms with Gasteiger partial charge in [0.25, 0.3) is 11.8 Å². The van der Waals surface area contributed by atoms with Crippen LogP contribution in [0.2, 0.25) is 0 Å². The number of nitrogens with one attached hydrogen (secondary N) is 2. The van der Waals surface area contributed by atoms with Crippen molar-refractivity contribution in [2.24, 2.45) is 0 Å². The second kappa shape index (κ2) is 9.80. The van der Waals surface area contributed by atoms with Crippen LogP contribution in [-0.2, 0) is 22.3 Å². The first-order chi connectivity index (χ1) is 15.9. The molecule has 0 fully saturated rings. The van der Waals surface area contributed by atoms with Crippen LogP contribution in [0.3, 0.4) is 0 Å². The van der Waals surface area contributed by atoms with Crippen LogP contribution in [0.4, 0.5) is 18.9 Å². The third kappa shape index (κ3) is 5.90. The van der Waals surface area contributed by atoms with Crippen LogP contribution in [0, 0.1) is 11.7 Å². The molecule has 7 nitrogen and oxygen atoms in total. The van der Waals surface area contributed by atoms with E-state index in [4.69, 9.17) is 9.52 Å². The molecule has 3 rings (SSSR count). The Balaban J connectivity index is 2.01. The fourth-order valence-corrected chi connectivity index (χ4v) is 3.93. The van der Waals surface area contributed by atoms with E-state index in [1.54, 1.807) is 12.1 Å². The van der Waals surface area contributed by atoms with Gasteiger partial charge in [0.15, 0.2) is 5.69 Å². The van der Waals surface area contributed by atoms with E-state index in [0.29, 0.717) is 0 Å². The summed E-state index contributed by atoms with van der Waals surface area (Å²) in [5, 5.41) is 9.28. The molecule has 3 aromatic rings. The van der Waals surface area contributed by atoms with Gasteiger partial charge in [-0.1, -0.05) is 31.5 Å². The Hall–Kier alpha value is -3.47. The number of rotatable bonds is 7. The maximum atomic E-state index is 13.5. The molecule has 0 aliphatic heterocycles. The maximum Gasteiger partial charge on any atom is 0.435 e. The predicted octanol–water partition coefficient (Wildman–Crippen LogP) is 5.84. The van der Waals surface area contributed by atoms with Gasteiger partial charge in [0.2, 0.25) is 0 Å². The molecular weight excluding hydrogens is 469 g/mol. The minimum absolute atomic E-state index is 0.156. The highest BCUT2D eigenvalue weighted by molar-refractivity contribution is 7.91. The van der Waals surface area contributed by atoms with Crippen molar-refractivity contribution < 1.29 is 26.9 Å². The van der Waals surface area contributed by atoms with E-state index in [9.17, 15) is 22.2 Å². The molecule has 1 heterocycles. The van der Waals surface area contributed by atoms with Crippen molar-refractivity contribution in [3.8, 4) is 11.6 Å². The molecule has 34 heavy (non-hydrogen) atoms. The Morgan fingerprint density at radius 1 is 1.15 bits per heavy atom. The molecule has 0 saturated heterocycles. The van der Waals surface area contributed by atoms with Gasteiger partial charge in [-0.25, -0.2) is 8.99 Å². The number of nitrogens with zero attached hydrogens (tertiary/aromatic N) is 2. The van der Waals surface area contributed by atoms with Crippen molar-refractivity contribution in [2.75, 3.05) is 11.6 Å². The second-order valence-corrected chi connectivity index (χ2v) is 9.83. The fraction of sp³-hybridized carbons (Fsp3) is 0.261. The molecule has 0 saturated carbocycles. The summed E-state index contributed by atoms with van der Waals surface area (Å²) >= 11 is 0. The normalized spacial score (nSPS) is 13.2. The monoisotopic (exact) mass is 492 g/mol. The van der Waals surface area contributed by atoms with Crippen LogP contribution in [-0.4, -0.2) is 26.6 Å².